The number of nitrogens with zero attached hydrogens (tertiary/aromatic N) is 1. The van der Waals surface area contributed by atoms with Crippen LogP contribution in [0.5, 0.6) is 0 Å². The van der Waals surface area contributed by atoms with Crippen LogP contribution in [0.4, 0.5) is 0 Å². The lowest BCUT2D eigenvalue weighted by atomic mass is 10.1. The molecule has 0 saturated heterocycles. The van der Waals surface area contributed by atoms with Crippen LogP contribution in [0.15, 0.2) is 18.2 Å². The Balaban J connectivity index is 3.00. The zero-order chi connectivity index (χ0) is 11.4. The Labute approximate surface area is 100 Å². The van der Waals surface area contributed by atoms with E-state index in [1.807, 2.05) is 37.3 Å². The minimum atomic E-state index is -0.0683. The van der Waals surface area contributed by atoms with Crippen molar-refractivity contribution in [1.82, 2.24) is 10.4 Å². The maximum atomic E-state index is 6.09. The molecule has 0 heterocycles. The summed E-state index contributed by atoms with van der Waals surface area (Å²) in [7, 11) is 3.79. The van der Waals surface area contributed by atoms with E-state index in [0.717, 1.165) is 5.56 Å². The summed E-state index contributed by atoms with van der Waals surface area (Å²) in [6, 6.07) is 5.37. The summed E-state index contributed by atoms with van der Waals surface area (Å²) in [6.07, 6.45) is 0. The van der Waals surface area contributed by atoms with Crippen LogP contribution in [0.25, 0.3) is 0 Å². The summed E-state index contributed by atoms with van der Waals surface area (Å²) in [5.41, 5.74) is 9.70. The summed E-state index contributed by atoms with van der Waals surface area (Å²) >= 11 is 12.2. The zero-order valence-corrected chi connectivity index (χ0v) is 10.3. The number of nitrogens with two attached hydrogens (primary N) is 1. The molecule has 0 amide bonds. The van der Waals surface area contributed by atoms with Gasteiger partial charge in [0.25, 0.3) is 0 Å². The van der Waals surface area contributed by atoms with Gasteiger partial charge in [-0.3, -0.25) is 0 Å². The summed E-state index contributed by atoms with van der Waals surface area (Å²) in [6.45, 7) is 0.432. The van der Waals surface area contributed by atoms with E-state index in [2.05, 4.69) is 5.43 Å². The average Bonchev–Trinajstić information content (AvgIpc) is 2.15. The first-order valence-corrected chi connectivity index (χ1v) is 5.39. The molecule has 0 aliphatic rings. The summed E-state index contributed by atoms with van der Waals surface area (Å²) in [5, 5.41) is 3.09. The third-order valence-corrected chi connectivity index (χ3v) is 2.66. The Morgan fingerprint density at radius 3 is 2.27 bits per heavy atom. The fourth-order valence-corrected chi connectivity index (χ4v) is 2.05. The van der Waals surface area contributed by atoms with E-state index in [9.17, 15) is 0 Å². The molecule has 0 saturated carbocycles. The number of benzene rings is 1. The molecule has 0 aliphatic heterocycles. The quantitative estimate of drug-likeness (QED) is 0.801. The van der Waals surface area contributed by atoms with Crippen molar-refractivity contribution in [3.63, 3.8) is 0 Å². The van der Waals surface area contributed by atoms with Crippen molar-refractivity contribution in [2.24, 2.45) is 5.73 Å². The van der Waals surface area contributed by atoms with E-state index in [1.165, 1.54) is 0 Å². The minimum absolute atomic E-state index is 0.0683. The van der Waals surface area contributed by atoms with Crippen molar-refractivity contribution >= 4 is 23.2 Å². The van der Waals surface area contributed by atoms with Gasteiger partial charge in [0.05, 0.1) is 6.04 Å². The van der Waals surface area contributed by atoms with Gasteiger partial charge in [-0.25, -0.2) is 10.4 Å². The molecule has 5 heteroatoms. The largest absolute Gasteiger partial charge is 0.329 e. The molecule has 3 nitrogen and oxygen atoms in total. The molecule has 0 aromatic heterocycles. The highest BCUT2D eigenvalue weighted by Crippen LogP contribution is 2.29. The fourth-order valence-electron chi connectivity index (χ4n) is 1.39. The van der Waals surface area contributed by atoms with Crippen LogP contribution in [0.3, 0.4) is 0 Å². The lowest BCUT2D eigenvalue weighted by Crippen LogP contribution is -2.38. The monoisotopic (exact) mass is 247 g/mol. The van der Waals surface area contributed by atoms with E-state index in [-0.39, 0.29) is 6.04 Å². The second-order valence-corrected chi connectivity index (χ2v) is 4.26. The third kappa shape index (κ3) is 3.33. The van der Waals surface area contributed by atoms with Crippen molar-refractivity contribution < 1.29 is 0 Å². The van der Waals surface area contributed by atoms with Crippen LogP contribution in [-0.2, 0) is 0 Å². The lowest BCUT2D eigenvalue weighted by Gasteiger charge is -2.23. The van der Waals surface area contributed by atoms with Crippen molar-refractivity contribution in [3.05, 3.63) is 33.8 Å². The first kappa shape index (κ1) is 12.7. The Hall–Kier alpha value is -0.320. The lowest BCUT2D eigenvalue weighted by molar-refractivity contribution is 0.246. The van der Waals surface area contributed by atoms with Gasteiger partial charge < -0.3 is 5.73 Å². The van der Waals surface area contributed by atoms with Crippen molar-refractivity contribution in [1.29, 1.82) is 0 Å². The molecule has 1 rings (SSSR count). The van der Waals surface area contributed by atoms with Crippen LogP contribution in [0, 0.1) is 0 Å². The number of halogens is 2. The standard InChI is InChI=1S/C10H15Cl2N3/c1-15(2)14-9(6-13)10-7(11)4-3-5-8(10)12/h3-5,9,14H,6,13H2,1-2H3. The highest BCUT2D eigenvalue weighted by molar-refractivity contribution is 6.36. The molecular weight excluding hydrogens is 233 g/mol. The molecule has 0 radical (unpaired) electrons. The molecular formula is C10H15Cl2N3. The third-order valence-electron chi connectivity index (χ3n) is 2.00. The molecule has 1 unspecified atom stereocenters. The fraction of sp³-hybridized carbons (Fsp3) is 0.400. The first-order valence-electron chi connectivity index (χ1n) is 4.63. The molecule has 0 bridgehead atoms. The second kappa shape index (κ2) is 5.68. The molecule has 0 spiro atoms. The normalized spacial score (nSPS) is 13.2. The SMILES string of the molecule is CN(C)NC(CN)c1c(Cl)cccc1Cl. The number of hydrogen-bond donors (Lipinski definition) is 2. The van der Waals surface area contributed by atoms with Gasteiger partial charge in [-0.1, -0.05) is 29.3 Å². The topological polar surface area (TPSA) is 41.3 Å². The highest BCUT2D eigenvalue weighted by atomic mass is 35.5. The van der Waals surface area contributed by atoms with E-state index >= 15 is 0 Å². The molecule has 15 heavy (non-hydrogen) atoms. The summed E-state index contributed by atoms with van der Waals surface area (Å²) < 4.78 is 0. The van der Waals surface area contributed by atoms with Gasteiger partial charge in [-0.05, 0) is 12.1 Å². The van der Waals surface area contributed by atoms with Gasteiger partial charge in [0.2, 0.25) is 0 Å². The molecule has 0 fully saturated rings. The van der Waals surface area contributed by atoms with E-state index in [1.54, 1.807) is 0 Å². The molecule has 1 aromatic rings. The Bertz CT molecular complexity index is 308. The van der Waals surface area contributed by atoms with Gasteiger partial charge in [-0.15, -0.1) is 0 Å². The average molecular weight is 248 g/mol. The Morgan fingerprint density at radius 2 is 1.87 bits per heavy atom. The van der Waals surface area contributed by atoms with Gasteiger partial charge in [0.1, 0.15) is 0 Å². The summed E-state index contributed by atoms with van der Waals surface area (Å²) in [4.78, 5) is 0. The highest BCUT2D eigenvalue weighted by Gasteiger charge is 2.16. The van der Waals surface area contributed by atoms with Crippen LogP contribution < -0.4 is 11.2 Å². The van der Waals surface area contributed by atoms with Crippen molar-refractivity contribution in [3.8, 4) is 0 Å². The van der Waals surface area contributed by atoms with Crippen LogP contribution in [0.2, 0.25) is 10.0 Å². The van der Waals surface area contributed by atoms with Crippen LogP contribution in [0.1, 0.15) is 11.6 Å². The maximum absolute atomic E-state index is 6.09. The number of rotatable bonds is 4. The minimum Gasteiger partial charge on any atom is -0.329 e. The van der Waals surface area contributed by atoms with Crippen LogP contribution in [-0.4, -0.2) is 25.6 Å². The Morgan fingerprint density at radius 1 is 1.33 bits per heavy atom. The predicted molar refractivity (Wildman–Crippen MR) is 65.1 cm³/mol. The van der Waals surface area contributed by atoms with Crippen LogP contribution >= 0.6 is 23.2 Å². The van der Waals surface area contributed by atoms with Gasteiger partial charge in [0.15, 0.2) is 0 Å². The van der Waals surface area contributed by atoms with E-state index < -0.39 is 0 Å². The number of hydrazine groups is 1. The molecule has 1 atom stereocenters. The molecule has 1 aromatic carbocycles. The van der Waals surface area contributed by atoms with E-state index in [4.69, 9.17) is 28.9 Å². The Kier molecular flexibility index (Phi) is 4.83. The first-order chi connectivity index (χ1) is 7.06. The van der Waals surface area contributed by atoms with Gasteiger partial charge >= 0.3 is 0 Å². The smallest absolute Gasteiger partial charge is 0.0616 e. The van der Waals surface area contributed by atoms with Crippen molar-refractivity contribution in [2.45, 2.75) is 6.04 Å². The molecule has 0 aliphatic carbocycles. The number of hydrogen-bond acceptors (Lipinski definition) is 3. The summed E-state index contributed by atoms with van der Waals surface area (Å²) in [5.74, 6) is 0. The maximum Gasteiger partial charge on any atom is 0.0616 e. The predicted octanol–water partition coefficient (Wildman–Crippen LogP) is 2.06. The molecule has 3 N–H and O–H groups in total. The number of nitrogens with one attached hydrogen (secondary N) is 1. The van der Waals surface area contributed by atoms with Gasteiger partial charge in [-0.2, -0.15) is 0 Å². The van der Waals surface area contributed by atoms with Gasteiger partial charge in [0, 0.05) is 36.2 Å². The molecule has 84 valence electrons. The second-order valence-electron chi connectivity index (χ2n) is 3.45. The van der Waals surface area contributed by atoms with Crippen molar-refractivity contribution in [2.75, 3.05) is 20.6 Å². The van der Waals surface area contributed by atoms with E-state index in [0.29, 0.717) is 16.6 Å². The zero-order valence-electron chi connectivity index (χ0n) is 8.80.